The molecule has 30 heavy (non-hydrogen) atoms. The van der Waals surface area contributed by atoms with Crippen LogP contribution in [0.5, 0.6) is 0 Å². The standard InChI is InChI=1S/C20H18ClF2N5O2/c21-13-2-1-3-14-11(13)8-16(24-14)18(29)27-6-4-15-12(9-27)17(26-25-15)19(30)28-7-5-20(22,23)10-28/h1-3,8,24H,4-7,9-10H2,(H,25,26). The number of rotatable bonds is 2. The van der Waals surface area contributed by atoms with Crippen molar-refractivity contribution in [3.05, 3.63) is 51.9 Å². The van der Waals surface area contributed by atoms with Crippen LogP contribution in [0, 0.1) is 0 Å². The maximum atomic E-state index is 13.5. The molecule has 156 valence electrons. The zero-order valence-corrected chi connectivity index (χ0v) is 16.6. The number of likely N-dealkylation sites (tertiary alicyclic amines) is 1. The van der Waals surface area contributed by atoms with Gasteiger partial charge in [-0.05, 0) is 18.2 Å². The van der Waals surface area contributed by atoms with Gasteiger partial charge in [-0.15, -0.1) is 0 Å². The first-order valence-corrected chi connectivity index (χ1v) is 10.00. The number of hydrogen-bond donors (Lipinski definition) is 2. The highest BCUT2D eigenvalue weighted by atomic mass is 35.5. The van der Waals surface area contributed by atoms with E-state index in [4.69, 9.17) is 11.6 Å². The summed E-state index contributed by atoms with van der Waals surface area (Å²) in [5.74, 6) is -3.60. The Hall–Kier alpha value is -2.94. The fraction of sp³-hybridized carbons (Fsp3) is 0.350. The molecule has 0 radical (unpaired) electrons. The molecule has 0 bridgehead atoms. The number of nitrogens with one attached hydrogen (secondary N) is 2. The van der Waals surface area contributed by atoms with E-state index in [-0.39, 0.29) is 31.1 Å². The minimum Gasteiger partial charge on any atom is -0.350 e. The zero-order valence-electron chi connectivity index (χ0n) is 15.8. The lowest BCUT2D eigenvalue weighted by Gasteiger charge is -2.27. The molecule has 4 heterocycles. The molecular weight excluding hydrogens is 416 g/mol. The van der Waals surface area contributed by atoms with Crippen molar-refractivity contribution in [2.45, 2.75) is 25.3 Å². The van der Waals surface area contributed by atoms with Crippen molar-refractivity contribution in [2.75, 3.05) is 19.6 Å². The summed E-state index contributed by atoms with van der Waals surface area (Å²) in [6.45, 7) is 0.0183. The number of aromatic amines is 2. The van der Waals surface area contributed by atoms with Crippen LogP contribution in [-0.4, -0.2) is 62.4 Å². The van der Waals surface area contributed by atoms with Crippen molar-refractivity contribution in [1.82, 2.24) is 25.0 Å². The predicted octanol–water partition coefficient (Wildman–Crippen LogP) is 3.22. The van der Waals surface area contributed by atoms with Crippen molar-refractivity contribution < 1.29 is 18.4 Å². The van der Waals surface area contributed by atoms with E-state index in [0.29, 0.717) is 34.9 Å². The Morgan fingerprint density at radius 1 is 1.17 bits per heavy atom. The van der Waals surface area contributed by atoms with Crippen molar-refractivity contribution in [2.24, 2.45) is 0 Å². The third kappa shape index (κ3) is 3.13. The second kappa shape index (κ2) is 6.80. The molecule has 1 saturated heterocycles. The van der Waals surface area contributed by atoms with Gasteiger partial charge in [0, 0.05) is 47.4 Å². The molecule has 0 spiro atoms. The van der Waals surface area contributed by atoms with E-state index in [2.05, 4.69) is 15.2 Å². The minimum absolute atomic E-state index is 0.00189. The number of fused-ring (bicyclic) bond motifs is 2. The summed E-state index contributed by atoms with van der Waals surface area (Å²) in [6, 6.07) is 7.10. The van der Waals surface area contributed by atoms with Gasteiger partial charge < -0.3 is 14.8 Å². The van der Waals surface area contributed by atoms with Gasteiger partial charge in [-0.3, -0.25) is 14.7 Å². The first-order valence-electron chi connectivity index (χ1n) is 9.62. The van der Waals surface area contributed by atoms with Crippen LogP contribution in [0.25, 0.3) is 10.9 Å². The van der Waals surface area contributed by atoms with Gasteiger partial charge in [-0.25, -0.2) is 8.78 Å². The molecule has 0 saturated carbocycles. The van der Waals surface area contributed by atoms with Crippen LogP contribution in [0.3, 0.4) is 0 Å². The van der Waals surface area contributed by atoms with E-state index >= 15 is 0 Å². The van der Waals surface area contributed by atoms with E-state index in [1.807, 2.05) is 6.07 Å². The van der Waals surface area contributed by atoms with Crippen LogP contribution in [0.1, 0.15) is 38.7 Å². The summed E-state index contributed by atoms with van der Waals surface area (Å²) in [5, 5.41) is 8.18. The van der Waals surface area contributed by atoms with Gasteiger partial charge in [0.05, 0.1) is 18.8 Å². The Bertz CT molecular complexity index is 1170. The summed E-state index contributed by atoms with van der Waals surface area (Å²) in [6.07, 6.45) is 0.130. The molecular formula is C20H18ClF2N5O2. The quantitative estimate of drug-likeness (QED) is 0.650. The topological polar surface area (TPSA) is 85.1 Å². The largest absolute Gasteiger partial charge is 0.350 e. The number of hydrogen-bond acceptors (Lipinski definition) is 3. The number of benzene rings is 1. The van der Waals surface area contributed by atoms with Gasteiger partial charge in [0.1, 0.15) is 11.4 Å². The van der Waals surface area contributed by atoms with E-state index in [9.17, 15) is 18.4 Å². The van der Waals surface area contributed by atoms with Crippen molar-refractivity contribution in [1.29, 1.82) is 0 Å². The molecule has 2 N–H and O–H groups in total. The first kappa shape index (κ1) is 19.0. The Morgan fingerprint density at radius 3 is 2.73 bits per heavy atom. The molecule has 0 unspecified atom stereocenters. The highest BCUT2D eigenvalue weighted by Gasteiger charge is 2.42. The van der Waals surface area contributed by atoms with E-state index in [1.54, 1.807) is 23.1 Å². The van der Waals surface area contributed by atoms with Gasteiger partial charge in [0.25, 0.3) is 17.7 Å². The molecule has 0 aliphatic carbocycles. The molecule has 7 nitrogen and oxygen atoms in total. The third-order valence-electron chi connectivity index (χ3n) is 5.72. The summed E-state index contributed by atoms with van der Waals surface area (Å²) < 4.78 is 27.0. The molecule has 10 heteroatoms. The van der Waals surface area contributed by atoms with Gasteiger partial charge in [0.15, 0.2) is 0 Å². The maximum absolute atomic E-state index is 13.5. The summed E-state index contributed by atoms with van der Waals surface area (Å²) in [4.78, 5) is 31.7. The van der Waals surface area contributed by atoms with Crippen LogP contribution in [0.2, 0.25) is 5.02 Å². The molecule has 1 fully saturated rings. The number of nitrogens with zero attached hydrogens (tertiary/aromatic N) is 3. The van der Waals surface area contributed by atoms with Crippen LogP contribution >= 0.6 is 11.6 Å². The van der Waals surface area contributed by atoms with Crippen LogP contribution in [-0.2, 0) is 13.0 Å². The van der Waals surface area contributed by atoms with Gasteiger partial charge in [-0.1, -0.05) is 17.7 Å². The average Bonchev–Trinajstić information content (AvgIpc) is 3.43. The van der Waals surface area contributed by atoms with Crippen molar-refractivity contribution in [3.8, 4) is 0 Å². The van der Waals surface area contributed by atoms with Crippen LogP contribution < -0.4 is 0 Å². The Labute approximate surface area is 175 Å². The van der Waals surface area contributed by atoms with Crippen LogP contribution in [0.15, 0.2) is 24.3 Å². The second-order valence-corrected chi connectivity index (χ2v) is 8.12. The zero-order chi connectivity index (χ0) is 21.0. The molecule has 1 aromatic carbocycles. The average molecular weight is 434 g/mol. The molecule has 0 atom stereocenters. The van der Waals surface area contributed by atoms with Crippen molar-refractivity contribution in [3.63, 3.8) is 0 Å². The fourth-order valence-electron chi connectivity index (χ4n) is 4.11. The highest BCUT2D eigenvalue weighted by molar-refractivity contribution is 6.35. The SMILES string of the molecule is O=C(c1cc2c(Cl)cccc2[nH]1)N1CCc2n[nH]c(C(=O)N3CCC(F)(F)C3)c2C1. The fourth-order valence-corrected chi connectivity index (χ4v) is 4.34. The van der Waals surface area contributed by atoms with Crippen molar-refractivity contribution >= 4 is 34.3 Å². The smallest absolute Gasteiger partial charge is 0.272 e. The molecule has 3 aromatic rings. The van der Waals surface area contributed by atoms with E-state index < -0.39 is 18.4 Å². The lowest BCUT2D eigenvalue weighted by molar-refractivity contribution is 0.0119. The third-order valence-corrected chi connectivity index (χ3v) is 6.05. The lowest BCUT2D eigenvalue weighted by atomic mass is 10.0. The molecule has 2 amide bonds. The monoisotopic (exact) mass is 433 g/mol. The lowest BCUT2D eigenvalue weighted by Crippen LogP contribution is -2.37. The van der Waals surface area contributed by atoms with Crippen LogP contribution in [0.4, 0.5) is 8.78 Å². The van der Waals surface area contributed by atoms with Gasteiger partial charge in [-0.2, -0.15) is 5.10 Å². The predicted molar refractivity (Wildman–Crippen MR) is 106 cm³/mol. The second-order valence-electron chi connectivity index (χ2n) is 7.72. The number of H-pyrrole nitrogens is 2. The summed E-state index contributed by atoms with van der Waals surface area (Å²) >= 11 is 6.20. The molecule has 2 aromatic heterocycles. The summed E-state index contributed by atoms with van der Waals surface area (Å²) in [7, 11) is 0. The maximum Gasteiger partial charge on any atom is 0.272 e. The first-order chi connectivity index (χ1) is 14.3. The Balaban J connectivity index is 1.39. The molecule has 2 aliphatic rings. The number of amides is 2. The Kier molecular flexibility index (Phi) is 4.32. The van der Waals surface area contributed by atoms with Gasteiger partial charge in [0.2, 0.25) is 0 Å². The normalized spacial score (nSPS) is 18.1. The molecule has 2 aliphatic heterocycles. The minimum atomic E-state index is -2.87. The van der Waals surface area contributed by atoms with E-state index in [0.717, 1.165) is 15.8 Å². The number of alkyl halides is 2. The number of carbonyl (C=O) groups excluding carboxylic acids is 2. The number of aromatic nitrogens is 3. The van der Waals surface area contributed by atoms with E-state index in [1.165, 1.54) is 0 Å². The number of halogens is 3. The summed E-state index contributed by atoms with van der Waals surface area (Å²) in [5.41, 5.74) is 2.62. The molecule has 5 rings (SSSR count). The Morgan fingerprint density at radius 2 is 2.00 bits per heavy atom. The number of carbonyl (C=O) groups is 2. The highest BCUT2D eigenvalue weighted by Crippen LogP contribution is 2.30. The van der Waals surface area contributed by atoms with Gasteiger partial charge >= 0.3 is 0 Å².